The van der Waals surface area contributed by atoms with Gasteiger partial charge in [0.15, 0.2) is 5.69 Å². The molecule has 0 saturated carbocycles. The maximum absolute atomic E-state index is 11.7. The molecule has 0 aromatic carbocycles. The highest BCUT2D eigenvalue weighted by Gasteiger charge is 2.27. The van der Waals surface area contributed by atoms with Crippen LogP contribution >= 0.6 is 11.7 Å². The average Bonchev–Trinajstić information content (AvgIpc) is 2.80. The Hall–Kier alpha value is -1.01. The Labute approximate surface area is 99.0 Å². The van der Waals surface area contributed by atoms with Crippen LogP contribution in [-0.2, 0) is 0 Å². The fourth-order valence-corrected chi connectivity index (χ4v) is 2.33. The van der Waals surface area contributed by atoms with Gasteiger partial charge in [-0.05, 0) is 24.8 Å². The Morgan fingerprint density at radius 3 is 3.25 bits per heavy atom. The predicted molar refractivity (Wildman–Crippen MR) is 62.5 cm³/mol. The minimum atomic E-state index is -0.124. The highest BCUT2D eigenvalue weighted by Crippen LogP contribution is 2.24. The van der Waals surface area contributed by atoms with Crippen molar-refractivity contribution in [1.29, 1.82) is 0 Å². The van der Waals surface area contributed by atoms with Gasteiger partial charge >= 0.3 is 0 Å². The van der Waals surface area contributed by atoms with E-state index >= 15 is 0 Å². The zero-order chi connectivity index (χ0) is 11.4. The Balaban J connectivity index is 1.84. The number of rotatable bonds is 3. The number of nitrogens with zero attached hydrogens (tertiary/aromatic N) is 2. The number of piperidine rings is 1. The van der Waals surface area contributed by atoms with E-state index in [2.05, 4.69) is 26.3 Å². The van der Waals surface area contributed by atoms with E-state index < -0.39 is 0 Å². The van der Waals surface area contributed by atoms with E-state index in [1.54, 1.807) is 0 Å². The highest BCUT2D eigenvalue weighted by atomic mass is 32.1. The fraction of sp³-hybridized carbons (Fsp3) is 0.700. The molecule has 16 heavy (non-hydrogen) atoms. The van der Waals surface area contributed by atoms with Crippen LogP contribution < -0.4 is 10.6 Å². The van der Waals surface area contributed by atoms with Gasteiger partial charge in [0, 0.05) is 13.1 Å². The molecular formula is C10H16N4OS. The summed E-state index contributed by atoms with van der Waals surface area (Å²) in [5.41, 5.74) is 0.578. The van der Waals surface area contributed by atoms with Gasteiger partial charge in [0.05, 0.1) is 17.9 Å². The first-order valence-corrected chi connectivity index (χ1v) is 6.19. The molecule has 1 fully saturated rings. The van der Waals surface area contributed by atoms with Gasteiger partial charge in [-0.25, -0.2) is 0 Å². The Kier molecular flexibility index (Phi) is 3.50. The largest absolute Gasteiger partial charge is 0.350 e. The number of hydrogen-bond donors (Lipinski definition) is 2. The summed E-state index contributed by atoms with van der Waals surface area (Å²) in [6.45, 7) is 4.93. The van der Waals surface area contributed by atoms with Crippen LogP contribution in [0.15, 0.2) is 6.20 Å². The monoisotopic (exact) mass is 240 g/mol. The van der Waals surface area contributed by atoms with Crippen LogP contribution in [0.3, 0.4) is 0 Å². The number of carbonyl (C=O) groups is 1. The molecule has 1 atom stereocenters. The Morgan fingerprint density at radius 2 is 2.62 bits per heavy atom. The molecule has 1 aromatic heterocycles. The second-order valence-corrected chi connectivity index (χ2v) is 5.12. The van der Waals surface area contributed by atoms with Crippen LogP contribution in [0.1, 0.15) is 30.3 Å². The van der Waals surface area contributed by atoms with Crippen molar-refractivity contribution < 1.29 is 4.79 Å². The molecule has 1 amide bonds. The van der Waals surface area contributed by atoms with Crippen molar-refractivity contribution in [3.63, 3.8) is 0 Å². The smallest absolute Gasteiger partial charge is 0.272 e. The van der Waals surface area contributed by atoms with Crippen LogP contribution in [0.2, 0.25) is 0 Å². The van der Waals surface area contributed by atoms with Crippen LogP contribution in [0.25, 0.3) is 0 Å². The van der Waals surface area contributed by atoms with Crippen molar-refractivity contribution in [2.45, 2.75) is 19.8 Å². The van der Waals surface area contributed by atoms with Crippen molar-refractivity contribution >= 4 is 17.6 Å². The molecule has 1 aliphatic heterocycles. The second-order valence-electron chi connectivity index (χ2n) is 4.57. The molecule has 6 heteroatoms. The fourth-order valence-electron chi connectivity index (χ4n) is 1.92. The SMILES string of the molecule is CC1(CNC(=O)c2cnsn2)CCCNC1. The molecule has 2 N–H and O–H groups in total. The van der Waals surface area contributed by atoms with Gasteiger partial charge in [-0.3, -0.25) is 4.79 Å². The summed E-state index contributed by atoms with van der Waals surface area (Å²) >= 11 is 1.06. The van der Waals surface area contributed by atoms with Gasteiger partial charge in [0.1, 0.15) is 0 Å². The van der Waals surface area contributed by atoms with Crippen LogP contribution in [0.4, 0.5) is 0 Å². The molecule has 88 valence electrons. The minimum Gasteiger partial charge on any atom is -0.350 e. The van der Waals surface area contributed by atoms with Crippen molar-refractivity contribution in [3.8, 4) is 0 Å². The number of amides is 1. The van der Waals surface area contributed by atoms with Gasteiger partial charge in [-0.1, -0.05) is 6.92 Å². The predicted octanol–water partition coefficient (Wildman–Crippen LogP) is 0.658. The van der Waals surface area contributed by atoms with E-state index in [4.69, 9.17) is 0 Å². The normalized spacial score (nSPS) is 25.3. The van der Waals surface area contributed by atoms with E-state index in [-0.39, 0.29) is 11.3 Å². The van der Waals surface area contributed by atoms with Crippen molar-refractivity contribution in [1.82, 2.24) is 19.4 Å². The molecule has 1 aliphatic rings. The Bertz CT molecular complexity index is 346. The molecule has 0 spiro atoms. The lowest BCUT2D eigenvalue weighted by Gasteiger charge is -2.34. The third kappa shape index (κ3) is 2.76. The topological polar surface area (TPSA) is 66.9 Å². The molecular weight excluding hydrogens is 224 g/mol. The summed E-state index contributed by atoms with van der Waals surface area (Å²) in [6, 6.07) is 0. The Morgan fingerprint density at radius 1 is 1.75 bits per heavy atom. The minimum absolute atomic E-state index is 0.124. The first-order valence-electron chi connectivity index (χ1n) is 5.46. The quantitative estimate of drug-likeness (QED) is 0.814. The number of nitrogens with one attached hydrogen (secondary N) is 2. The third-order valence-corrected chi connectivity index (χ3v) is 3.43. The van der Waals surface area contributed by atoms with Crippen molar-refractivity contribution in [2.75, 3.05) is 19.6 Å². The molecule has 1 saturated heterocycles. The molecule has 0 radical (unpaired) electrons. The summed E-state index contributed by atoms with van der Waals surface area (Å²) in [7, 11) is 0. The molecule has 1 aromatic rings. The van der Waals surface area contributed by atoms with E-state index in [9.17, 15) is 4.79 Å². The lowest BCUT2D eigenvalue weighted by Crippen LogP contribution is -2.45. The van der Waals surface area contributed by atoms with Gasteiger partial charge in [-0.2, -0.15) is 8.75 Å². The van der Waals surface area contributed by atoms with Gasteiger partial charge < -0.3 is 10.6 Å². The maximum atomic E-state index is 11.7. The van der Waals surface area contributed by atoms with Gasteiger partial charge in [0.25, 0.3) is 5.91 Å². The van der Waals surface area contributed by atoms with E-state index in [1.165, 1.54) is 12.6 Å². The summed E-state index contributed by atoms with van der Waals surface area (Å²) in [6.07, 6.45) is 3.82. The first kappa shape index (κ1) is 11.5. The van der Waals surface area contributed by atoms with E-state index in [0.29, 0.717) is 12.2 Å². The summed E-state index contributed by atoms with van der Waals surface area (Å²) in [5, 5.41) is 6.28. The number of hydrogen-bond acceptors (Lipinski definition) is 5. The highest BCUT2D eigenvalue weighted by molar-refractivity contribution is 6.99. The summed E-state index contributed by atoms with van der Waals surface area (Å²) in [4.78, 5) is 11.7. The zero-order valence-electron chi connectivity index (χ0n) is 9.32. The summed E-state index contributed by atoms with van der Waals surface area (Å²) in [5.74, 6) is -0.124. The van der Waals surface area contributed by atoms with Crippen molar-refractivity contribution in [2.24, 2.45) is 5.41 Å². The maximum Gasteiger partial charge on any atom is 0.272 e. The molecule has 0 bridgehead atoms. The molecule has 5 nitrogen and oxygen atoms in total. The molecule has 1 unspecified atom stereocenters. The zero-order valence-corrected chi connectivity index (χ0v) is 10.1. The van der Waals surface area contributed by atoms with Crippen LogP contribution in [0.5, 0.6) is 0 Å². The lowest BCUT2D eigenvalue weighted by molar-refractivity contribution is 0.0920. The average molecular weight is 240 g/mol. The van der Waals surface area contributed by atoms with E-state index in [0.717, 1.165) is 31.2 Å². The van der Waals surface area contributed by atoms with E-state index in [1.807, 2.05) is 0 Å². The van der Waals surface area contributed by atoms with Crippen LogP contribution in [0, 0.1) is 5.41 Å². The van der Waals surface area contributed by atoms with Gasteiger partial charge in [0.2, 0.25) is 0 Å². The number of carbonyl (C=O) groups excluding carboxylic acids is 1. The second kappa shape index (κ2) is 4.88. The molecule has 2 heterocycles. The summed E-state index contributed by atoms with van der Waals surface area (Å²) < 4.78 is 7.72. The standard InChI is InChI=1S/C10H16N4OS/c1-10(3-2-4-11-6-10)7-12-9(15)8-5-13-16-14-8/h5,11H,2-4,6-7H2,1H3,(H,12,15). The molecule has 0 aliphatic carbocycles. The van der Waals surface area contributed by atoms with Crippen molar-refractivity contribution in [3.05, 3.63) is 11.9 Å². The molecule has 2 rings (SSSR count). The first-order chi connectivity index (χ1) is 7.70. The van der Waals surface area contributed by atoms with Crippen LogP contribution in [-0.4, -0.2) is 34.3 Å². The van der Waals surface area contributed by atoms with Gasteiger partial charge in [-0.15, -0.1) is 0 Å². The third-order valence-electron chi connectivity index (χ3n) is 2.96. The lowest BCUT2D eigenvalue weighted by atomic mass is 9.83. The number of aromatic nitrogens is 2.